The van der Waals surface area contributed by atoms with Gasteiger partial charge in [0.05, 0.1) is 18.0 Å². The SMILES string of the molecule is OCCN1CCN(CCC=C2c3ccccc3Sc3ccc(Cl)cc32)CC1.c1ccc2c(c1)Nc1ccccc1S2. The molecule has 3 aliphatic rings. The van der Waals surface area contributed by atoms with Crippen LogP contribution in [0.5, 0.6) is 0 Å². The van der Waals surface area contributed by atoms with Gasteiger partial charge in [-0.15, -0.1) is 0 Å². The molecule has 0 aromatic heterocycles. The molecule has 41 heavy (non-hydrogen) atoms. The fourth-order valence-electron chi connectivity index (χ4n) is 5.41. The molecule has 0 radical (unpaired) electrons. The topological polar surface area (TPSA) is 38.7 Å². The van der Waals surface area contributed by atoms with Crippen LogP contribution in [0.3, 0.4) is 0 Å². The summed E-state index contributed by atoms with van der Waals surface area (Å²) in [5.74, 6) is 0. The molecular formula is C34H34ClN3OS2. The molecule has 0 spiro atoms. The fraction of sp³-hybridized carbons (Fsp3) is 0.235. The number of nitrogens with zero attached hydrogens (tertiary/aromatic N) is 2. The van der Waals surface area contributed by atoms with Crippen molar-refractivity contribution in [2.75, 3.05) is 51.2 Å². The van der Waals surface area contributed by atoms with Gasteiger partial charge in [0, 0.05) is 63.9 Å². The Morgan fingerprint density at radius 1 is 0.683 bits per heavy atom. The highest BCUT2D eigenvalue weighted by Gasteiger charge is 2.21. The average Bonchev–Trinajstić information content (AvgIpc) is 3.01. The highest BCUT2D eigenvalue weighted by molar-refractivity contribution is 8.00. The van der Waals surface area contributed by atoms with Crippen LogP contribution < -0.4 is 5.32 Å². The van der Waals surface area contributed by atoms with Crippen molar-refractivity contribution in [2.45, 2.75) is 26.0 Å². The highest BCUT2D eigenvalue weighted by Crippen LogP contribution is 2.46. The first-order valence-corrected chi connectivity index (χ1v) is 16.1. The second kappa shape index (κ2) is 13.5. The van der Waals surface area contributed by atoms with Gasteiger partial charge < -0.3 is 15.3 Å². The lowest BCUT2D eigenvalue weighted by Crippen LogP contribution is -2.47. The largest absolute Gasteiger partial charge is 0.395 e. The Balaban J connectivity index is 0.000000180. The van der Waals surface area contributed by atoms with Crippen molar-refractivity contribution >= 4 is 52.1 Å². The number of β-amino-alcohol motifs (C(OH)–C–C–N with tert-alkyl or cyclic N) is 1. The maximum Gasteiger partial charge on any atom is 0.0558 e. The van der Waals surface area contributed by atoms with Gasteiger partial charge in [-0.05, 0) is 71.7 Å². The molecule has 0 amide bonds. The number of aliphatic hydroxyl groups excluding tert-OH is 1. The molecule has 3 aliphatic heterocycles. The molecule has 1 fully saturated rings. The van der Waals surface area contributed by atoms with Crippen LogP contribution in [-0.2, 0) is 0 Å². The van der Waals surface area contributed by atoms with Crippen molar-refractivity contribution in [1.29, 1.82) is 0 Å². The van der Waals surface area contributed by atoms with Crippen molar-refractivity contribution in [3.05, 3.63) is 113 Å². The number of benzene rings is 4. The van der Waals surface area contributed by atoms with Crippen LogP contribution in [0.4, 0.5) is 11.4 Å². The normalized spacial score (nSPS) is 16.9. The van der Waals surface area contributed by atoms with Crippen LogP contribution in [0, 0.1) is 0 Å². The summed E-state index contributed by atoms with van der Waals surface area (Å²) >= 11 is 9.94. The van der Waals surface area contributed by atoms with Crippen LogP contribution >= 0.6 is 35.1 Å². The van der Waals surface area contributed by atoms with Gasteiger partial charge in [0.2, 0.25) is 0 Å². The van der Waals surface area contributed by atoms with E-state index >= 15 is 0 Å². The first kappa shape index (κ1) is 28.4. The Hall–Kier alpha value is -2.71. The fourth-order valence-corrected chi connectivity index (χ4v) is 7.66. The van der Waals surface area contributed by atoms with E-state index in [0.717, 1.165) is 50.7 Å². The third-order valence-electron chi connectivity index (χ3n) is 7.57. The van der Waals surface area contributed by atoms with Crippen molar-refractivity contribution in [3.63, 3.8) is 0 Å². The Morgan fingerprint density at radius 2 is 1.24 bits per heavy atom. The van der Waals surface area contributed by atoms with Gasteiger partial charge in [0.1, 0.15) is 0 Å². The zero-order valence-corrected chi connectivity index (χ0v) is 25.3. The minimum Gasteiger partial charge on any atom is -0.395 e. The van der Waals surface area contributed by atoms with Crippen molar-refractivity contribution in [1.82, 2.24) is 9.80 Å². The maximum atomic E-state index is 9.08. The molecule has 0 bridgehead atoms. The van der Waals surface area contributed by atoms with E-state index in [-0.39, 0.29) is 6.61 Å². The van der Waals surface area contributed by atoms with E-state index in [1.165, 1.54) is 47.7 Å². The number of piperazine rings is 1. The molecule has 4 aromatic carbocycles. The molecule has 0 atom stereocenters. The van der Waals surface area contributed by atoms with Crippen LogP contribution in [0.25, 0.3) is 5.57 Å². The van der Waals surface area contributed by atoms with Crippen molar-refractivity contribution in [3.8, 4) is 0 Å². The summed E-state index contributed by atoms with van der Waals surface area (Å²) < 4.78 is 0. The Labute approximate surface area is 256 Å². The number of halogens is 1. The second-order valence-corrected chi connectivity index (χ2v) is 12.9. The van der Waals surface area contributed by atoms with E-state index in [0.29, 0.717) is 0 Å². The summed E-state index contributed by atoms with van der Waals surface area (Å²) in [6.07, 6.45) is 3.41. The summed E-state index contributed by atoms with van der Waals surface area (Å²) in [5.41, 5.74) is 6.28. The highest BCUT2D eigenvalue weighted by atomic mass is 35.5. The summed E-state index contributed by atoms with van der Waals surface area (Å²) in [6, 6.07) is 31.6. The predicted molar refractivity (Wildman–Crippen MR) is 174 cm³/mol. The summed E-state index contributed by atoms with van der Waals surface area (Å²) in [6.45, 7) is 6.39. The first-order chi connectivity index (χ1) is 20.2. The second-order valence-electron chi connectivity index (χ2n) is 10.3. The van der Waals surface area contributed by atoms with Gasteiger partial charge >= 0.3 is 0 Å². The van der Waals surface area contributed by atoms with Crippen molar-refractivity contribution in [2.24, 2.45) is 0 Å². The number of hydrogen-bond donors (Lipinski definition) is 2. The van der Waals surface area contributed by atoms with Crippen LogP contribution in [0.1, 0.15) is 17.5 Å². The molecule has 2 N–H and O–H groups in total. The molecule has 4 aromatic rings. The molecule has 0 unspecified atom stereocenters. The molecule has 1 saturated heterocycles. The summed E-state index contributed by atoms with van der Waals surface area (Å²) in [5, 5.41) is 13.3. The van der Waals surface area contributed by atoms with Gasteiger partial charge in [-0.2, -0.15) is 0 Å². The van der Waals surface area contributed by atoms with Crippen LogP contribution in [0.2, 0.25) is 5.02 Å². The number of hydrogen-bond acceptors (Lipinski definition) is 6. The lowest BCUT2D eigenvalue weighted by atomic mass is 9.96. The minimum absolute atomic E-state index is 0.255. The standard InChI is InChI=1S/C22H25ClN2OS.C12H9NS/c23-17-7-8-22-20(16-17)18(19-4-1-2-6-21(19)27-22)5-3-9-24-10-12-25(13-11-24)14-15-26;1-3-7-11-9(5-1)13-10-6-2-4-8-12(10)14-11/h1-2,4-8,16,26H,3,9-15H2;1-8,13H. The number of fused-ring (bicyclic) bond motifs is 4. The molecule has 0 saturated carbocycles. The Morgan fingerprint density at radius 3 is 1.93 bits per heavy atom. The molecule has 3 heterocycles. The van der Waals surface area contributed by atoms with E-state index in [1.54, 1.807) is 0 Å². The molecular weight excluding hydrogens is 566 g/mol. The lowest BCUT2D eigenvalue weighted by Gasteiger charge is -2.34. The number of para-hydroxylation sites is 2. The smallest absolute Gasteiger partial charge is 0.0558 e. The van der Waals surface area contributed by atoms with Crippen molar-refractivity contribution < 1.29 is 5.11 Å². The van der Waals surface area contributed by atoms with Gasteiger partial charge in [0.25, 0.3) is 0 Å². The number of rotatable bonds is 5. The van der Waals surface area contributed by atoms with E-state index in [4.69, 9.17) is 16.7 Å². The Kier molecular flexibility index (Phi) is 9.36. The summed E-state index contributed by atoms with van der Waals surface area (Å²) in [4.78, 5) is 10.0. The third-order valence-corrected chi connectivity index (χ3v) is 10.1. The van der Waals surface area contributed by atoms with Crippen LogP contribution in [-0.4, -0.2) is 60.8 Å². The molecule has 7 heteroatoms. The maximum absolute atomic E-state index is 9.08. The quantitative estimate of drug-likeness (QED) is 0.208. The van der Waals surface area contributed by atoms with Gasteiger partial charge in [-0.1, -0.05) is 83.7 Å². The Bertz CT molecular complexity index is 1450. The minimum atomic E-state index is 0.255. The first-order valence-electron chi connectivity index (χ1n) is 14.1. The molecule has 0 aliphatic carbocycles. The zero-order chi connectivity index (χ0) is 28.0. The monoisotopic (exact) mass is 599 g/mol. The summed E-state index contributed by atoms with van der Waals surface area (Å²) in [7, 11) is 0. The molecule has 4 nitrogen and oxygen atoms in total. The van der Waals surface area contributed by atoms with E-state index in [2.05, 4.69) is 106 Å². The lowest BCUT2D eigenvalue weighted by molar-refractivity contribution is 0.114. The van der Waals surface area contributed by atoms with E-state index in [9.17, 15) is 0 Å². The number of anilines is 2. The van der Waals surface area contributed by atoms with E-state index < -0.39 is 0 Å². The van der Waals surface area contributed by atoms with Gasteiger partial charge in [-0.3, -0.25) is 4.90 Å². The zero-order valence-electron chi connectivity index (χ0n) is 22.9. The average molecular weight is 600 g/mol. The third kappa shape index (κ3) is 6.86. The molecule has 210 valence electrons. The molecule has 7 rings (SSSR count). The van der Waals surface area contributed by atoms with Gasteiger partial charge in [0.15, 0.2) is 0 Å². The van der Waals surface area contributed by atoms with E-state index in [1.807, 2.05) is 29.6 Å². The van der Waals surface area contributed by atoms with Gasteiger partial charge in [-0.25, -0.2) is 0 Å². The number of aliphatic hydroxyl groups is 1. The predicted octanol–water partition coefficient (Wildman–Crippen LogP) is 8.13. The number of nitrogens with one attached hydrogen (secondary N) is 1. The van der Waals surface area contributed by atoms with Crippen LogP contribution in [0.15, 0.2) is 117 Å².